The van der Waals surface area contributed by atoms with Crippen molar-refractivity contribution >= 4 is 17.3 Å². The Morgan fingerprint density at radius 1 is 1.44 bits per heavy atom. The van der Waals surface area contributed by atoms with Crippen molar-refractivity contribution < 1.29 is 4.79 Å². The summed E-state index contributed by atoms with van der Waals surface area (Å²) in [6, 6.07) is 4.10. The molecule has 0 bridgehead atoms. The van der Waals surface area contributed by atoms with Crippen LogP contribution < -0.4 is 10.6 Å². The first-order valence-corrected chi connectivity index (χ1v) is 5.87. The largest absolute Gasteiger partial charge is 0.397 e. The summed E-state index contributed by atoms with van der Waals surface area (Å²) >= 11 is 0. The van der Waals surface area contributed by atoms with Crippen molar-refractivity contribution in [2.45, 2.75) is 26.2 Å². The number of rotatable bonds is 1. The van der Waals surface area contributed by atoms with Crippen molar-refractivity contribution in [1.82, 2.24) is 0 Å². The van der Waals surface area contributed by atoms with Crippen LogP contribution in [0.2, 0.25) is 0 Å². The summed E-state index contributed by atoms with van der Waals surface area (Å²) in [6.07, 6.45) is 3.05. The molecule has 3 nitrogen and oxygen atoms in total. The van der Waals surface area contributed by atoms with Gasteiger partial charge in [0.1, 0.15) is 0 Å². The normalized spacial score (nSPS) is 18.7. The monoisotopic (exact) mass is 216 g/mol. The highest BCUT2D eigenvalue weighted by Gasteiger charge is 2.37. The summed E-state index contributed by atoms with van der Waals surface area (Å²) in [5, 5.41) is 0. The second kappa shape index (κ2) is 3.24. The van der Waals surface area contributed by atoms with E-state index in [-0.39, 0.29) is 11.8 Å². The van der Waals surface area contributed by atoms with E-state index in [1.54, 1.807) is 0 Å². The van der Waals surface area contributed by atoms with Crippen LogP contribution in [0.15, 0.2) is 12.1 Å². The number of hydrogen-bond donors (Lipinski definition) is 1. The molecule has 0 aromatic heterocycles. The highest BCUT2D eigenvalue weighted by Crippen LogP contribution is 2.39. The SMILES string of the molecule is Cc1cc(N)c2c(c1)CCN2C(=O)C1CC1. The van der Waals surface area contributed by atoms with Crippen molar-refractivity contribution in [3.05, 3.63) is 23.3 Å². The van der Waals surface area contributed by atoms with Crippen LogP contribution in [0.4, 0.5) is 11.4 Å². The minimum absolute atomic E-state index is 0.270. The molecule has 2 aliphatic rings. The predicted octanol–water partition coefficient (Wildman–Crippen LogP) is 1.88. The van der Waals surface area contributed by atoms with Crippen LogP contribution in [-0.4, -0.2) is 12.5 Å². The molecule has 0 atom stereocenters. The molecule has 1 aliphatic carbocycles. The minimum atomic E-state index is 0.270. The summed E-state index contributed by atoms with van der Waals surface area (Å²) in [5.74, 6) is 0.543. The van der Waals surface area contributed by atoms with Crippen LogP contribution in [0.1, 0.15) is 24.0 Å². The van der Waals surface area contributed by atoms with Crippen LogP contribution >= 0.6 is 0 Å². The van der Waals surface area contributed by atoms with Crippen LogP contribution in [0.5, 0.6) is 0 Å². The van der Waals surface area contributed by atoms with Crippen molar-refractivity contribution in [1.29, 1.82) is 0 Å². The second-order valence-corrected chi connectivity index (χ2v) is 4.88. The van der Waals surface area contributed by atoms with E-state index in [0.717, 1.165) is 37.2 Å². The molecule has 16 heavy (non-hydrogen) atoms. The number of nitrogens with two attached hydrogens (primary N) is 1. The third kappa shape index (κ3) is 1.39. The minimum Gasteiger partial charge on any atom is -0.397 e. The highest BCUT2D eigenvalue weighted by atomic mass is 16.2. The zero-order valence-electron chi connectivity index (χ0n) is 9.49. The third-order valence-electron chi connectivity index (χ3n) is 3.43. The van der Waals surface area contributed by atoms with Crippen molar-refractivity contribution in [3.63, 3.8) is 0 Å². The van der Waals surface area contributed by atoms with E-state index >= 15 is 0 Å². The van der Waals surface area contributed by atoms with Gasteiger partial charge in [-0.25, -0.2) is 0 Å². The van der Waals surface area contributed by atoms with Crippen LogP contribution in [-0.2, 0) is 11.2 Å². The van der Waals surface area contributed by atoms with Gasteiger partial charge in [0.05, 0.1) is 11.4 Å². The van der Waals surface area contributed by atoms with Gasteiger partial charge in [0.25, 0.3) is 0 Å². The van der Waals surface area contributed by atoms with Gasteiger partial charge in [0.15, 0.2) is 0 Å². The lowest BCUT2D eigenvalue weighted by Crippen LogP contribution is -2.30. The number of anilines is 2. The summed E-state index contributed by atoms with van der Waals surface area (Å²) in [6.45, 7) is 2.85. The number of hydrogen-bond acceptors (Lipinski definition) is 2. The fraction of sp³-hybridized carbons (Fsp3) is 0.462. The Labute approximate surface area is 95.2 Å². The van der Waals surface area contributed by atoms with Gasteiger partial charge in [-0.15, -0.1) is 0 Å². The zero-order chi connectivity index (χ0) is 11.3. The van der Waals surface area contributed by atoms with E-state index in [4.69, 9.17) is 5.73 Å². The van der Waals surface area contributed by atoms with Gasteiger partial charge in [-0.1, -0.05) is 6.07 Å². The van der Waals surface area contributed by atoms with Crippen LogP contribution in [0.25, 0.3) is 0 Å². The van der Waals surface area contributed by atoms with Crippen molar-refractivity contribution in [2.24, 2.45) is 5.92 Å². The molecule has 1 amide bonds. The van der Waals surface area contributed by atoms with E-state index in [9.17, 15) is 4.79 Å². The molecule has 0 spiro atoms. The molecule has 0 unspecified atom stereocenters. The van der Waals surface area contributed by atoms with Gasteiger partial charge in [-0.3, -0.25) is 4.79 Å². The average Bonchev–Trinajstić information content (AvgIpc) is 2.98. The molecular weight excluding hydrogens is 200 g/mol. The van der Waals surface area contributed by atoms with E-state index in [2.05, 4.69) is 6.07 Å². The van der Waals surface area contributed by atoms with Crippen LogP contribution in [0, 0.1) is 12.8 Å². The lowest BCUT2D eigenvalue weighted by Gasteiger charge is -2.19. The number of carbonyl (C=O) groups is 1. The molecule has 2 N–H and O–H groups in total. The molecule has 1 aromatic rings. The Kier molecular flexibility index (Phi) is 1.96. The lowest BCUT2D eigenvalue weighted by molar-refractivity contribution is -0.119. The van der Waals surface area contributed by atoms with Crippen molar-refractivity contribution in [2.75, 3.05) is 17.2 Å². The summed E-state index contributed by atoms with van der Waals surface area (Å²) < 4.78 is 0. The average molecular weight is 216 g/mol. The number of fused-ring (bicyclic) bond motifs is 1. The number of nitrogen functional groups attached to an aromatic ring is 1. The molecule has 1 heterocycles. The van der Waals surface area contributed by atoms with E-state index in [1.165, 1.54) is 11.1 Å². The molecule has 84 valence electrons. The number of amides is 1. The maximum absolute atomic E-state index is 12.1. The van der Waals surface area contributed by atoms with Crippen LogP contribution in [0.3, 0.4) is 0 Å². The predicted molar refractivity (Wildman–Crippen MR) is 64.4 cm³/mol. The van der Waals surface area contributed by atoms with E-state index in [1.807, 2.05) is 17.9 Å². The molecule has 1 saturated carbocycles. The summed E-state index contributed by atoms with van der Waals surface area (Å²) in [5.41, 5.74) is 10.2. The van der Waals surface area contributed by atoms with Gasteiger partial charge in [0, 0.05) is 12.5 Å². The van der Waals surface area contributed by atoms with Gasteiger partial charge in [-0.2, -0.15) is 0 Å². The van der Waals surface area contributed by atoms with Gasteiger partial charge < -0.3 is 10.6 Å². The molecule has 1 aliphatic heterocycles. The Morgan fingerprint density at radius 2 is 2.19 bits per heavy atom. The summed E-state index contributed by atoms with van der Waals surface area (Å²) in [7, 11) is 0. The summed E-state index contributed by atoms with van der Waals surface area (Å²) in [4.78, 5) is 14.0. The topological polar surface area (TPSA) is 46.3 Å². The zero-order valence-corrected chi connectivity index (χ0v) is 9.49. The Hall–Kier alpha value is -1.51. The van der Waals surface area contributed by atoms with E-state index in [0.29, 0.717) is 0 Å². The first-order chi connectivity index (χ1) is 7.66. The fourth-order valence-electron chi connectivity index (χ4n) is 2.52. The number of aryl methyl sites for hydroxylation is 1. The first-order valence-electron chi connectivity index (χ1n) is 5.87. The standard InChI is InChI=1S/C13H16N2O/c1-8-6-10-4-5-15(12(10)11(14)7-8)13(16)9-2-3-9/h6-7,9H,2-5,14H2,1H3. The Bertz CT molecular complexity index is 463. The maximum atomic E-state index is 12.1. The second-order valence-electron chi connectivity index (χ2n) is 4.88. The quantitative estimate of drug-likeness (QED) is 0.728. The maximum Gasteiger partial charge on any atom is 0.230 e. The molecule has 3 heteroatoms. The third-order valence-corrected chi connectivity index (χ3v) is 3.43. The Morgan fingerprint density at radius 3 is 2.88 bits per heavy atom. The number of carbonyl (C=O) groups excluding carboxylic acids is 1. The lowest BCUT2D eigenvalue weighted by atomic mass is 10.1. The van der Waals surface area contributed by atoms with Gasteiger partial charge in [0.2, 0.25) is 5.91 Å². The number of benzene rings is 1. The molecule has 1 aromatic carbocycles. The molecule has 0 radical (unpaired) electrons. The smallest absolute Gasteiger partial charge is 0.230 e. The Balaban J connectivity index is 2.01. The first kappa shape index (κ1) is 9.70. The van der Waals surface area contributed by atoms with Gasteiger partial charge >= 0.3 is 0 Å². The molecule has 0 saturated heterocycles. The molecular formula is C13H16N2O. The van der Waals surface area contributed by atoms with Gasteiger partial charge in [-0.05, 0) is 43.4 Å². The highest BCUT2D eigenvalue weighted by molar-refractivity contribution is 6.01. The van der Waals surface area contributed by atoms with Crippen molar-refractivity contribution in [3.8, 4) is 0 Å². The molecule has 1 fully saturated rings. The number of nitrogens with zero attached hydrogens (tertiary/aromatic N) is 1. The van der Waals surface area contributed by atoms with E-state index < -0.39 is 0 Å². The fourth-order valence-corrected chi connectivity index (χ4v) is 2.52. The molecule has 3 rings (SSSR count).